The fourth-order valence-electron chi connectivity index (χ4n) is 3.90. The number of anilines is 1. The molecule has 1 aliphatic carbocycles. The second-order valence-electron chi connectivity index (χ2n) is 8.42. The van der Waals surface area contributed by atoms with Crippen molar-refractivity contribution in [3.63, 3.8) is 0 Å². The fourth-order valence-corrected chi connectivity index (χ4v) is 5.39. The lowest BCUT2D eigenvalue weighted by molar-refractivity contribution is 0.548. The van der Waals surface area contributed by atoms with Gasteiger partial charge in [-0.1, -0.05) is 12.1 Å². The molecule has 1 aliphatic heterocycles. The van der Waals surface area contributed by atoms with Crippen LogP contribution in [0.2, 0.25) is 0 Å². The van der Waals surface area contributed by atoms with Crippen LogP contribution in [0.5, 0.6) is 0 Å². The first-order valence-electron chi connectivity index (χ1n) is 10.4. The molecule has 2 fully saturated rings. The molecule has 1 unspecified atom stereocenters. The SMILES string of the molecule is CCNC(=NCC1(CS(C)(=O)=O)CC1)NC(C)c1cccc(N2CCCC2)c1.I. The molecule has 0 aromatic heterocycles. The molecule has 1 atom stereocenters. The molecule has 1 aromatic carbocycles. The Morgan fingerprint density at radius 3 is 2.55 bits per heavy atom. The van der Waals surface area contributed by atoms with E-state index in [0.717, 1.165) is 38.4 Å². The van der Waals surface area contributed by atoms with Crippen LogP contribution in [0.25, 0.3) is 0 Å². The second kappa shape index (κ2) is 10.3. The Bertz CT molecular complexity index is 803. The minimum absolute atomic E-state index is 0. The van der Waals surface area contributed by atoms with E-state index in [0.29, 0.717) is 6.54 Å². The zero-order chi connectivity index (χ0) is 20.2. The number of hydrogen-bond acceptors (Lipinski definition) is 4. The summed E-state index contributed by atoms with van der Waals surface area (Å²) in [7, 11) is -2.97. The van der Waals surface area contributed by atoms with Crippen molar-refractivity contribution in [2.24, 2.45) is 10.4 Å². The van der Waals surface area contributed by atoms with Crippen LogP contribution >= 0.6 is 24.0 Å². The third-order valence-corrected chi connectivity index (χ3v) is 6.77. The summed E-state index contributed by atoms with van der Waals surface area (Å²) in [5.41, 5.74) is 2.36. The van der Waals surface area contributed by atoms with Crippen LogP contribution in [0.15, 0.2) is 29.3 Å². The van der Waals surface area contributed by atoms with Gasteiger partial charge in [-0.3, -0.25) is 4.99 Å². The minimum Gasteiger partial charge on any atom is -0.372 e. The summed E-state index contributed by atoms with van der Waals surface area (Å²) < 4.78 is 23.4. The molecule has 0 spiro atoms. The molecule has 0 radical (unpaired) electrons. The van der Waals surface area contributed by atoms with Gasteiger partial charge in [-0.25, -0.2) is 8.42 Å². The van der Waals surface area contributed by atoms with E-state index in [2.05, 4.69) is 46.7 Å². The molecule has 29 heavy (non-hydrogen) atoms. The van der Waals surface area contributed by atoms with Crippen molar-refractivity contribution in [1.29, 1.82) is 0 Å². The van der Waals surface area contributed by atoms with E-state index in [1.807, 2.05) is 6.92 Å². The normalized spacial score (nSPS) is 19.4. The van der Waals surface area contributed by atoms with Crippen LogP contribution in [-0.2, 0) is 9.84 Å². The highest BCUT2D eigenvalue weighted by atomic mass is 127. The van der Waals surface area contributed by atoms with Crippen molar-refractivity contribution in [3.8, 4) is 0 Å². The van der Waals surface area contributed by atoms with Crippen molar-refractivity contribution < 1.29 is 8.42 Å². The lowest BCUT2D eigenvalue weighted by atomic mass is 10.1. The molecular weight excluding hydrogens is 499 g/mol. The monoisotopic (exact) mass is 534 g/mol. The molecule has 0 bridgehead atoms. The summed E-state index contributed by atoms with van der Waals surface area (Å²) in [6.45, 7) is 7.77. The van der Waals surface area contributed by atoms with Crippen LogP contribution in [0.4, 0.5) is 5.69 Å². The standard InChI is InChI=1S/C21H34N4O2S.HI/c1-4-22-20(23-15-21(10-11-21)16-28(3,26)27)24-17(2)18-8-7-9-19(14-18)25-12-5-6-13-25;/h7-9,14,17H,4-6,10-13,15-16H2,1-3H3,(H2,22,23,24);1H. The Balaban J connectivity index is 0.00000300. The van der Waals surface area contributed by atoms with Crippen molar-refractivity contribution in [1.82, 2.24) is 10.6 Å². The number of aliphatic imine (C=N–C) groups is 1. The first-order chi connectivity index (χ1) is 13.3. The molecular formula is C21H35IN4O2S. The number of nitrogens with one attached hydrogen (secondary N) is 2. The summed E-state index contributed by atoms with van der Waals surface area (Å²) in [6, 6.07) is 8.83. The van der Waals surface area contributed by atoms with Gasteiger partial charge < -0.3 is 15.5 Å². The maximum atomic E-state index is 11.7. The quantitative estimate of drug-likeness (QED) is 0.304. The zero-order valence-corrected chi connectivity index (χ0v) is 20.9. The Morgan fingerprint density at radius 1 is 1.28 bits per heavy atom. The maximum Gasteiger partial charge on any atom is 0.191 e. The average molecular weight is 535 g/mol. The van der Waals surface area contributed by atoms with Crippen molar-refractivity contribution in [2.45, 2.75) is 45.6 Å². The topological polar surface area (TPSA) is 73.8 Å². The molecule has 2 N–H and O–H groups in total. The van der Waals surface area contributed by atoms with E-state index in [4.69, 9.17) is 4.99 Å². The first kappa shape index (κ1) is 24.2. The Hall–Kier alpha value is -1.03. The third kappa shape index (κ3) is 7.31. The Kier molecular flexibility index (Phi) is 8.63. The van der Waals surface area contributed by atoms with Gasteiger partial charge in [0.05, 0.1) is 11.8 Å². The van der Waals surface area contributed by atoms with Gasteiger partial charge in [-0.15, -0.1) is 24.0 Å². The molecule has 0 amide bonds. The number of sulfone groups is 1. The number of guanidine groups is 1. The highest BCUT2D eigenvalue weighted by Crippen LogP contribution is 2.46. The number of halogens is 1. The van der Waals surface area contributed by atoms with E-state index < -0.39 is 9.84 Å². The molecule has 1 saturated heterocycles. The molecule has 164 valence electrons. The summed E-state index contributed by atoms with van der Waals surface area (Å²) in [6.07, 6.45) is 5.73. The smallest absolute Gasteiger partial charge is 0.191 e. The molecule has 1 saturated carbocycles. The molecule has 6 nitrogen and oxygen atoms in total. The van der Waals surface area contributed by atoms with Crippen LogP contribution in [0.1, 0.15) is 51.1 Å². The summed E-state index contributed by atoms with van der Waals surface area (Å²) in [5.74, 6) is 0.984. The van der Waals surface area contributed by atoms with Crippen LogP contribution in [0.3, 0.4) is 0 Å². The van der Waals surface area contributed by atoms with Crippen molar-refractivity contribution in [3.05, 3.63) is 29.8 Å². The molecule has 1 aromatic rings. The van der Waals surface area contributed by atoms with E-state index in [9.17, 15) is 8.42 Å². The minimum atomic E-state index is -2.97. The van der Waals surface area contributed by atoms with Gasteiger partial charge in [0, 0.05) is 43.5 Å². The lowest BCUT2D eigenvalue weighted by Crippen LogP contribution is -2.39. The average Bonchev–Trinajstić information content (AvgIpc) is 3.17. The van der Waals surface area contributed by atoms with Gasteiger partial charge in [0.15, 0.2) is 5.96 Å². The third-order valence-electron chi connectivity index (χ3n) is 5.64. The molecule has 1 heterocycles. The molecule has 3 rings (SSSR count). The number of hydrogen-bond donors (Lipinski definition) is 2. The van der Waals surface area contributed by atoms with Crippen molar-refractivity contribution in [2.75, 3.05) is 43.1 Å². The van der Waals surface area contributed by atoms with Gasteiger partial charge in [0.25, 0.3) is 0 Å². The molecule has 8 heteroatoms. The van der Waals surface area contributed by atoms with Crippen LogP contribution < -0.4 is 15.5 Å². The van der Waals surface area contributed by atoms with Gasteiger partial charge in [-0.05, 0) is 57.2 Å². The molecule has 2 aliphatic rings. The van der Waals surface area contributed by atoms with Crippen LogP contribution in [0, 0.1) is 5.41 Å². The lowest BCUT2D eigenvalue weighted by Gasteiger charge is -2.22. The van der Waals surface area contributed by atoms with E-state index >= 15 is 0 Å². The Labute approximate surface area is 192 Å². The highest BCUT2D eigenvalue weighted by molar-refractivity contribution is 14.0. The zero-order valence-electron chi connectivity index (χ0n) is 17.8. The highest BCUT2D eigenvalue weighted by Gasteiger charge is 2.45. The van der Waals surface area contributed by atoms with E-state index in [-0.39, 0.29) is 41.2 Å². The van der Waals surface area contributed by atoms with Gasteiger partial charge >= 0.3 is 0 Å². The van der Waals surface area contributed by atoms with E-state index in [1.165, 1.54) is 30.3 Å². The van der Waals surface area contributed by atoms with Gasteiger partial charge in [0.1, 0.15) is 9.84 Å². The Morgan fingerprint density at radius 2 is 1.97 bits per heavy atom. The first-order valence-corrected chi connectivity index (χ1v) is 12.4. The van der Waals surface area contributed by atoms with E-state index in [1.54, 1.807) is 0 Å². The fraction of sp³-hybridized carbons (Fsp3) is 0.667. The number of benzene rings is 1. The summed E-state index contributed by atoms with van der Waals surface area (Å²) in [4.78, 5) is 7.16. The van der Waals surface area contributed by atoms with Gasteiger partial charge in [-0.2, -0.15) is 0 Å². The number of rotatable bonds is 8. The predicted octanol–water partition coefficient (Wildman–Crippen LogP) is 3.35. The van der Waals surface area contributed by atoms with Gasteiger partial charge in [0.2, 0.25) is 0 Å². The maximum absolute atomic E-state index is 11.7. The summed E-state index contributed by atoms with van der Waals surface area (Å²) >= 11 is 0. The predicted molar refractivity (Wildman–Crippen MR) is 132 cm³/mol. The summed E-state index contributed by atoms with van der Waals surface area (Å²) in [5, 5.41) is 6.78. The largest absolute Gasteiger partial charge is 0.372 e. The van der Waals surface area contributed by atoms with Crippen LogP contribution in [-0.4, -0.2) is 52.6 Å². The second-order valence-corrected chi connectivity index (χ2v) is 10.6. The number of nitrogens with zero attached hydrogens (tertiary/aromatic N) is 2. The van der Waals surface area contributed by atoms with Crippen molar-refractivity contribution >= 4 is 45.5 Å².